The molecule has 0 aromatic carbocycles. The first-order valence-electron chi connectivity index (χ1n) is 7.90. The maximum atomic E-state index is 12.4. The summed E-state index contributed by atoms with van der Waals surface area (Å²) in [5.74, 6) is 0.636. The monoisotopic (exact) mass is 268 g/mol. The van der Waals surface area contributed by atoms with Crippen LogP contribution in [0.1, 0.15) is 39.0 Å². The van der Waals surface area contributed by atoms with Gasteiger partial charge < -0.3 is 14.5 Å². The third-order valence-corrected chi connectivity index (χ3v) is 4.34. The van der Waals surface area contributed by atoms with Crippen LogP contribution in [0, 0.1) is 5.92 Å². The minimum absolute atomic E-state index is 0.264. The summed E-state index contributed by atoms with van der Waals surface area (Å²) >= 11 is 0. The molecule has 0 unspecified atom stereocenters. The molecule has 4 heteroatoms. The van der Waals surface area contributed by atoms with Crippen molar-refractivity contribution < 1.29 is 9.53 Å². The van der Waals surface area contributed by atoms with Crippen molar-refractivity contribution in [1.82, 2.24) is 9.80 Å². The molecule has 0 N–H and O–H groups in total. The van der Waals surface area contributed by atoms with Crippen LogP contribution in [0.4, 0.5) is 0 Å². The molecule has 0 aliphatic carbocycles. The molecule has 0 atom stereocenters. The Hall–Kier alpha value is -0.610. The molecular weight excluding hydrogens is 240 g/mol. The van der Waals surface area contributed by atoms with Crippen LogP contribution < -0.4 is 0 Å². The first-order chi connectivity index (χ1) is 9.31. The molecule has 4 nitrogen and oxygen atoms in total. The van der Waals surface area contributed by atoms with Gasteiger partial charge in [-0.3, -0.25) is 4.79 Å². The Morgan fingerprint density at radius 2 is 1.79 bits per heavy atom. The van der Waals surface area contributed by atoms with Crippen LogP contribution >= 0.6 is 0 Å². The van der Waals surface area contributed by atoms with Crippen LogP contribution in [-0.4, -0.2) is 61.6 Å². The number of ether oxygens (including phenoxy) is 1. The molecule has 19 heavy (non-hydrogen) atoms. The molecule has 2 saturated heterocycles. The van der Waals surface area contributed by atoms with Crippen molar-refractivity contribution in [3.8, 4) is 0 Å². The van der Waals surface area contributed by atoms with E-state index in [1.807, 2.05) is 4.90 Å². The Balaban J connectivity index is 1.68. The molecule has 110 valence electrons. The van der Waals surface area contributed by atoms with Gasteiger partial charge in [0.1, 0.15) is 0 Å². The van der Waals surface area contributed by atoms with E-state index in [0.717, 1.165) is 39.0 Å². The maximum absolute atomic E-state index is 12.4. The standard InChI is InChI=1S/C15H28N2O2/c1-2-3-4-7-16-8-5-14(6-9-16)15(18)17-10-12-19-13-11-17/h14H,2-13H2,1H3. The summed E-state index contributed by atoms with van der Waals surface area (Å²) in [4.78, 5) is 16.9. The molecular formula is C15H28N2O2. The molecule has 0 spiro atoms. The molecule has 0 aromatic rings. The number of hydrogen-bond acceptors (Lipinski definition) is 3. The van der Waals surface area contributed by atoms with Crippen LogP contribution in [0.25, 0.3) is 0 Å². The van der Waals surface area contributed by atoms with Crippen molar-refractivity contribution in [1.29, 1.82) is 0 Å². The Morgan fingerprint density at radius 3 is 2.42 bits per heavy atom. The van der Waals surface area contributed by atoms with Gasteiger partial charge in [-0.1, -0.05) is 19.8 Å². The molecule has 2 rings (SSSR count). The summed E-state index contributed by atoms with van der Waals surface area (Å²) in [5, 5.41) is 0. The largest absolute Gasteiger partial charge is 0.378 e. The van der Waals surface area contributed by atoms with Crippen LogP contribution in [0.2, 0.25) is 0 Å². The lowest BCUT2D eigenvalue weighted by Gasteiger charge is -2.35. The van der Waals surface area contributed by atoms with Gasteiger partial charge in [0.2, 0.25) is 5.91 Å². The Kier molecular flexibility index (Phi) is 6.11. The lowest BCUT2D eigenvalue weighted by molar-refractivity contribution is -0.141. The summed E-state index contributed by atoms with van der Waals surface area (Å²) in [6.45, 7) is 8.66. The minimum Gasteiger partial charge on any atom is -0.378 e. The number of morpholine rings is 1. The first-order valence-corrected chi connectivity index (χ1v) is 7.90. The average Bonchev–Trinajstić information content (AvgIpc) is 2.48. The highest BCUT2D eigenvalue weighted by atomic mass is 16.5. The van der Waals surface area contributed by atoms with Gasteiger partial charge in [-0.2, -0.15) is 0 Å². The van der Waals surface area contributed by atoms with E-state index in [-0.39, 0.29) is 5.92 Å². The van der Waals surface area contributed by atoms with E-state index < -0.39 is 0 Å². The number of piperidine rings is 1. The molecule has 2 aliphatic rings. The van der Waals surface area contributed by atoms with E-state index >= 15 is 0 Å². The number of carbonyl (C=O) groups is 1. The molecule has 2 aliphatic heterocycles. The number of nitrogens with zero attached hydrogens (tertiary/aromatic N) is 2. The zero-order valence-electron chi connectivity index (χ0n) is 12.3. The second-order valence-electron chi connectivity index (χ2n) is 5.76. The normalized spacial score (nSPS) is 22.7. The van der Waals surface area contributed by atoms with Crippen molar-refractivity contribution in [2.75, 3.05) is 45.9 Å². The predicted octanol–water partition coefficient (Wildman–Crippen LogP) is 1.75. The van der Waals surface area contributed by atoms with E-state index in [1.54, 1.807) is 0 Å². The predicted molar refractivity (Wildman–Crippen MR) is 76.1 cm³/mol. The van der Waals surface area contributed by atoms with Crippen molar-refractivity contribution in [2.45, 2.75) is 39.0 Å². The molecule has 2 fully saturated rings. The second kappa shape index (κ2) is 7.85. The van der Waals surface area contributed by atoms with E-state index in [1.165, 1.54) is 25.8 Å². The number of rotatable bonds is 5. The molecule has 2 heterocycles. The summed E-state index contributed by atoms with van der Waals surface area (Å²) < 4.78 is 5.31. The average molecular weight is 268 g/mol. The number of carbonyl (C=O) groups excluding carboxylic acids is 1. The zero-order chi connectivity index (χ0) is 13.5. The van der Waals surface area contributed by atoms with Gasteiger partial charge in [0, 0.05) is 19.0 Å². The lowest BCUT2D eigenvalue weighted by Crippen LogP contribution is -2.46. The van der Waals surface area contributed by atoms with E-state index in [9.17, 15) is 4.79 Å². The number of likely N-dealkylation sites (tertiary alicyclic amines) is 1. The summed E-state index contributed by atoms with van der Waals surface area (Å²) in [6, 6.07) is 0. The second-order valence-corrected chi connectivity index (χ2v) is 5.76. The number of amides is 1. The highest BCUT2D eigenvalue weighted by Crippen LogP contribution is 2.20. The van der Waals surface area contributed by atoms with Crippen molar-refractivity contribution in [3.05, 3.63) is 0 Å². The minimum atomic E-state index is 0.264. The van der Waals surface area contributed by atoms with Crippen LogP contribution in [0.3, 0.4) is 0 Å². The SMILES string of the molecule is CCCCCN1CCC(C(=O)N2CCOCC2)CC1. The van der Waals surface area contributed by atoms with Gasteiger partial charge >= 0.3 is 0 Å². The van der Waals surface area contributed by atoms with Crippen LogP contribution in [-0.2, 0) is 9.53 Å². The van der Waals surface area contributed by atoms with Gasteiger partial charge in [-0.15, -0.1) is 0 Å². The summed E-state index contributed by atoms with van der Waals surface area (Å²) in [5.41, 5.74) is 0. The van der Waals surface area contributed by atoms with Crippen LogP contribution in [0.15, 0.2) is 0 Å². The smallest absolute Gasteiger partial charge is 0.225 e. The third-order valence-electron chi connectivity index (χ3n) is 4.34. The Morgan fingerprint density at radius 1 is 1.11 bits per heavy atom. The van der Waals surface area contributed by atoms with Gasteiger partial charge in [0.05, 0.1) is 13.2 Å². The van der Waals surface area contributed by atoms with Crippen molar-refractivity contribution in [2.24, 2.45) is 5.92 Å². The fourth-order valence-corrected chi connectivity index (χ4v) is 3.03. The van der Waals surface area contributed by atoms with Crippen LogP contribution in [0.5, 0.6) is 0 Å². The van der Waals surface area contributed by atoms with Crippen molar-refractivity contribution in [3.63, 3.8) is 0 Å². The fraction of sp³-hybridized carbons (Fsp3) is 0.933. The van der Waals surface area contributed by atoms with Gasteiger partial charge in [0.15, 0.2) is 0 Å². The lowest BCUT2D eigenvalue weighted by atomic mass is 9.95. The molecule has 0 bridgehead atoms. The van der Waals surface area contributed by atoms with Gasteiger partial charge in [-0.25, -0.2) is 0 Å². The Labute approximate surface area is 117 Å². The van der Waals surface area contributed by atoms with E-state index in [0.29, 0.717) is 19.1 Å². The number of hydrogen-bond donors (Lipinski definition) is 0. The third kappa shape index (κ3) is 4.46. The highest BCUT2D eigenvalue weighted by molar-refractivity contribution is 5.79. The summed E-state index contributed by atoms with van der Waals surface area (Å²) in [7, 11) is 0. The molecule has 1 amide bonds. The molecule has 0 saturated carbocycles. The quantitative estimate of drug-likeness (QED) is 0.712. The maximum Gasteiger partial charge on any atom is 0.225 e. The molecule has 0 aromatic heterocycles. The van der Waals surface area contributed by atoms with E-state index in [2.05, 4.69) is 11.8 Å². The van der Waals surface area contributed by atoms with Gasteiger partial charge in [0.25, 0.3) is 0 Å². The summed E-state index contributed by atoms with van der Waals surface area (Å²) in [6.07, 6.45) is 6.00. The zero-order valence-corrected chi connectivity index (χ0v) is 12.3. The van der Waals surface area contributed by atoms with Crippen molar-refractivity contribution >= 4 is 5.91 Å². The fourth-order valence-electron chi connectivity index (χ4n) is 3.03. The number of unbranched alkanes of at least 4 members (excludes halogenated alkanes) is 2. The highest BCUT2D eigenvalue weighted by Gasteiger charge is 2.28. The molecule has 0 radical (unpaired) electrons. The van der Waals surface area contributed by atoms with Gasteiger partial charge in [-0.05, 0) is 38.9 Å². The first kappa shape index (κ1) is 14.8. The van der Waals surface area contributed by atoms with E-state index in [4.69, 9.17) is 4.74 Å². The topological polar surface area (TPSA) is 32.8 Å². The Bertz CT molecular complexity index is 269.